The van der Waals surface area contributed by atoms with Crippen LogP contribution in [0.25, 0.3) is 10.9 Å². The van der Waals surface area contributed by atoms with Crippen molar-refractivity contribution < 1.29 is 18.3 Å². The molecular formula is C14H12BrF2NO3. The number of ether oxygens (including phenoxy) is 1. The number of rotatable bonds is 3. The van der Waals surface area contributed by atoms with Gasteiger partial charge in [0.1, 0.15) is 5.56 Å². The number of nitrogens with zero attached hydrogens (tertiary/aromatic N) is 1. The van der Waals surface area contributed by atoms with Gasteiger partial charge in [-0.2, -0.15) is 0 Å². The van der Waals surface area contributed by atoms with Crippen molar-refractivity contribution in [2.24, 2.45) is 0 Å². The lowest BCUT2D eigenvalue weighted by atomic mass is 10.1. The number of pyridine rings is 1. The van der Waals surface area contributed by atoms with Gasteiger partial charge in [-0.1, -0.05) is 0 Å². The molecule has 1 aromatic heterocycles. The molecule has 2 rings (SSSR count). The highest BCUT2D eigenvalue weighted by molar-refractivity contribution is 9.10. The average Bonchev–Trinajstić information content (AvgIpc) is 2.46. The second kappa shape index (κ2) is 5.93. The van der Waals surface area contributed by atoms with Gasteiger partial charge < -0.3 is 9.30 Å². The summed E-state index contributed by atoms with van der Waals surface area (Å²) in [7, 11) is 0. The summed E-state index contributed by atoms with van der Waals surface area (Å²) in [6.45, 7) is 3.85. The van der Waals surface area contributed by atoms with Crippen molar-refractivity contribution in [2.75, 3.05) is 6.61 Å². The SMILES string of the molecule is CCOC(=O)c1cn(CC)c2c(Br)c(F)c(F)cc2c1=O. The first-order valence-corrected chi connectivity index (χ1v) is 7.09. The van der Waals surface area contributed by atoms with Crippen LogP contribution in [0.3, 0.4) is 0 Å². The van der Waals surface area contributed by atoms with Crippen molar-refractivity contribution in [3.05, 3.63) is 44.2 Å². The lowest BCUT2D eigenvalue weighted by molar-refractivity contribution is 0.0524. The van der Waals surface area contributed by atoms with E-state index < -0.39 is 23.0 Å². The lowest BCUT2D eigenvalue weighted by Gasteiger charge is -2.13. The fourth-order valence-electron chi connectivity index (χ4n) is 2.07. The van der Waals surface area contributed by atoms with Gasteiger partial charge in [0.2, 0.25) is 5.43 Å². The number of fused-ring (bicyclic) bond motifs is 1. The molecule has 0 fully saturated rings. The van der Waals surface area contributed by atoms with Crippen LogP contribution in [0.15, 0.2) is 21.5 Å². The molecule has 7 heteroatoms. The van der Waals surface area contributed by atoms with E-state index in [9.17, 15) is 18.4 Å². The maximum absolute atomic E-state index is 13.7. The Morgan fingerprint density at radius 2 is 2.05 bits per heavy atom. The first-order valence-electron chi connectivity index (χ1n) is 6.30. The molecule has 0 saturated carbocycles. The summed E-state index contributed by atoms with van der Waals surface area (Å²) in [5.41, 5.74) is -0.689. The molecule has 0 radical (unpaired) electrons. The van der Waals surface area contributed by atoms with Crippen molar-refractivity contribution in [1.29, 1.82) is 0 Å². The van der Waals surface area contributed by atoms with E-state index in [0.717, 1.165) is 6.07 Å². The number of hydrogen-bond acceptors (Lipinski definition) is 3. The molecule has 1 aromatic carbocycles. The van der Waals surface area contributed by atoms with Crippen molar-refractivity contribution in [3.63, 3.8) is 0 Å². The van der Waals surface area contributed by atoms with Crippen LogP contribution in [0, 0.1) is 11.6 Å². The molecule has 0 amide bonds. The second-order valence-corrected chi connectivity index (χ2v) is 5.05. The monoisotopic (exact) mass is 359 g/mol. The first-order chi connectivity index (χ1) is 9.92. The Bertz CT molecular complexity index is 786. The van der Waals surface area contributed by atoms with Crippen LogP contribution < -0.4 is 5.43 Å². The van der Waals surface area contributed by atoms with E-state index in [2.05, 4.69) is 15.9 Å². The molecule has 21 heavy (non-hydrogen) atoms. The highest BCUT2D eigenvalue weighted by Crippen LogP contribution is 2.28. The van der Waals surface area contributed by atoms with Gasteiger partial charge in [0.15, 0.2) is 11.6 Å². The Hall–Kier alpha value is -1.76. The molecule has 0 aliphatic carbocycles. The molecule has 0 saturated heterocycles. The Morgan fingerprint density at radius 3 is 2.62 bits per heavy atom. The fraction of sp³-hybridized carbons (Fsp3) is 0.286. The van der Waals surface area contributed by atoms with Crippen molar-refractivity contribution in [2.45, 2.75) is 20.4 Å². The molecule has 0 atom stereocenters. The van der Waals surface area contributed by atoms with Crippen molar-refractivity contribution >= 4 is 32.8 Å². The Balaban J connectivity index is 2.90. The number of carbonyl (C=O) groups excluding carboxylic acids is 1. The van der Waals surface area contributed by atoms with Crippen LogP contribution in [-0.2, 0) is 11.3 Å². The van der Waals surface area contributed by atoms with Gasteiger partial charge >= 0.3 is 5.97 Å². The van der Waals surface area contributed by atoms with E-state index >= 15 is 0 Å². The molecule has 0 unspecified atom stereocenters. The molecule has 0 bridgehead atoms. The van der Waals surface area contributed by atoms with Gasteiger partial charge in [-0.15, -0.1) is 0 Å². The maximum atomic E-state index is 13.7. The zero-order valence-electron chi connectivity index (χ0n) is 11.4. The highest BCUT2D eigenvalue weighted by atomic mass is 79.9. The van der Waals surface area contributed by atoms with E-state index in [1.54, 1.807) is 13.8 Å². The van der Waals surface area contributed by atoms with Gasteiger partial charge in [-0.3, -0.25) is 4.79 Å². The van der Waals surface area contributed by atoms with Gasteiger partial charge in [0.05, 0.1) is 22.0 Å². The summed E-state index contributed by atoms with van der Waals surface area (Å²) in [5.74, 6) is -3.02. The molecule has 0 aliphatic heterocycles. The number of aromatic nitrogens is 1. The van der Waals surface area contributed by atoms with Gasteiger partial charge in [-0.05, 0) is 35.8 Å². The number of benzene rings is 1. The predicted octanol–water partition coefficient (Wildman–Crippen LogP) is 3.24. The number of carbonyl (C=O) groups is 1. The molecule has 0 spiro atoms. The molecule has 1 heterocycles. The summed E-state index contributed by atoms with van der Waals surface area (Å²) in [6.07, 6.45) is 1.30. The number of hydrogen-bond donors (Lipinski definition) is 0. The summed E-state index contributed by atoms with van der Waals surface area (Å²) in [6, 6.07) is 0.798. The summed E-state index contributed by atoms with van der Waals surface area (Å²) in [4.78, 5) is 24.1. The molecule has 112 valence electrons. The summed E-state index contributed by atoms with van der Waals surface area (Å²) < 4.78 is 33.4. The van der Waals surface area contributed by atoms with E-state index in [-0.39, 0.29) is 27.5 Å². The van der Waals surface area contributed by atoms with E-state index in [0.29, 0.717) is 6.54 Å². The van der Waals surface area contributed by atoms with Crippen molar-refractivity contribution in [3.8, 4) is 0 Å². The summed E-state index contributed by atoms with van der Waals surface area (Å²) in [5, 5.41) is -0.0758. The van der Waals surface area contributed by atoms with E-state index in [4.69, 9.17) is 4.74 Å². The second-order valence-electron chi connectivity index (χ2n) is 4.26. The largest absolute Gasteiger partial charge is 0.462 e. The third-order valence-corrected chi connectivity index (χ3v) is 3.76. The van der Waals surface area contributed by atoms with E-state index in [1.807, 2.05) is 0 Å². The molecule has 0 N–H and O–H groups in total. The maximum Gasteiger partial charge on any atom is 0.343 e. The topological polar surface area (TPSA) is 48.3 Å². The third kappa shape index (κ3) is 2.57. The minimum Gasteiger partial charge on any atom is -0.462 e. The Kier molecular flexibility index (Phi) is 4.41. The number of esters is 1. The smallest absolute Gasteiger partial charge is 0.343 e. The number of halogens is 3. The zero-order chi connectivity index (χ0) is 15.7. The van der Waals surface area contributed by atoms with Gasteiger partial charge in [0.25, 0.3) is 0 Å². The Morgan fingerprint density at radius 1 is 1.38 bits per heavy atom. The predicted molar refractivity (Wildman–Crippen MR) is 77.5 cm³/mol. The fourth-order valence-corrected chi connectivity index (χ4v) is 2.70. The molecule has 0 aliphatic rings. The van der Waals surface area contributed by atoms with Crippen LogP contribution in [0.4, 0.5) is 8.78 Å². The van der Waals surface area contributed by atoms with Gasteiger partial charge in [0, 0.05) is 12.7 Å². The average molecular weight is 360 g/mol. The minimum atomic E-state index is -1.16. The van der Waals surface area contributed by atoms with Crippen LogP contribution in [0.2, 0.25) is 0 Å². The third-order valence-electron chi connectivity index (χ3n) is 3.03. The lowest BCUT2D eigenvalue weighted by Crippen LogP contribution is -2.21. The summed E-state index contributed by atoms with van der Waals surface area (Å²) >= 11 is 2.96. The van der Waals surface area contributed by atoms with Crippen molar-refractivity contribution in [1.82, 2.24) is 4.57 Å². The van der Waals surface area contributed by atoms with Gasteiger partial charge in [-0.25, -0.2) is 13.6 Å². The molecular weight excluding hydrogens is 348 g/mol. The first kappa shape index (κ1) is 15.6. The van der Waals surface area contributed by atoms with E-state index in [1.165, 1.54) is 10.8 Å². The highest BCUT2D eigenvalue weighted by Gasteiger charge is 2.21. The minimum absolute atomic E-state index is 0.0758. The van der Waals surface area contributed by atoms with Crippen LogP contribution in [0.1, 0.15) is 24.2 Å². The number of aryl methyl sites for hydroxylation is 1. The standard InChI is InChI=1S/C14H12BrF2NO3/c1-3-18-6-8(14(20)21-4-2)13(19)7-5-9(16)11(17)10(15)12(7)18/h5-6H,3-4H2,1-2H3. The zero-order valence-corrected chi connectivity index (χ0v) is 13.0. The molecule has 4 nitrogen and oxygen atoms in total. The normalized spacial score (nSPS) is 10.9. The Labute approximate surface area is 127 Å². The van der Waals surface area contributed by atoms with Crippen LogP contribution in [0.5, 0.6) is 0 Å². The quantitative estimate of drug-likeness (QED) is 0.624. The van der Waals surface area contributed by atoms with Crippen LogP contribution >= 0.6 is 15.9 Å². The molecule has 2 aromatic rings. The van der Waals surface area contributed by atoms with Crippen LogP contribution in [-0.4, -0.2) is 17.1 Å².